The predicted octanol–water partition coefficient (Wildman–Crippen LogP) is 2.98. The van der Waals surface area contributed by atoms with Gasteiger partial charge in [0, 0.05) is 29.6 Å². The minimum absolute atomic E-state index is 0.102. The number of hydrogen-bond donors (Lipinski definition) is 2. The van der Waals surface area contributed by atoms with Crippen LogP contribution in [0.2, 0.25) is 0 Å². The average Bonchev–Trinajstić information content (AvgIpc) is 2.46. The number of nitrogens with two attached hydrogens (primary N) is 1. The molecule has 6 heteroatoms. The van der Waals surface area contributed by atoms with Crippen LogP contribution in [0.25, 0.3) is 11.0 Å². The molecule has 0 atom stereocenters. The molecule has 2 aromatic heterocycles. The molecule has 22 heavy (non-hydrogen) atoms. The minimum Gasteiger partial charge on any atom is -0.507 e. The van der Waals surface area contributed by atoms with Crippen LogP contribution in [-0.2, 0) is 6.42 Å². The molecule has 0 aliphatic rings. The van der Waals surface area contributed by atoms with Crippen LogP contribution in [0, 0.1) is 10.5 Å². The summed E-state index contributed by atoms with van der Waals surface area (Å²) in [6, 6.07) is 6.84. The van der Waals surface area contributed by atoms with Gasteiger partial charge in [-0.05, 0) is 58.8 Å². The number of aromatic nitrogens is 1. The smallest absolute Gasteiger partial charge is 0.340 e. The summed E-state index contributed by atoms with van der Waals surface area (Å²) in [7, 11) is 0. The van der Waals surface area contributed by atoms with Gasteiger partial charge in [0.1, 0.15) is 17.2 Å². The Morgan fingerprint density at radius 3 is 2.86 bits per heavy atom. The number of benzene rings is 1. The van der Waals surface area contributed by atoms with Gasteiger partial charge in [-0.3, -0.25) is 0 Å². The highest BCUT2D eigenvalue weighted by Crippen LogP contribution is 2.29. The SMILES string of the molecule is Cc1c(Cc2ccnc(N)c2)c(=O)oc2cc(O)c(I)cc12. The highest BCUT2D eigenvalue weighted by atomic mass is 127. The van der Waals surface area contributed by atoms with E-state index in [9.17, 15) is 9.90 Å². The van der Waals surface area contributed by atoms with E-state index < -0.39 is 5.63 Å². The average molecular weight is 408 g/mol. The number of fused-ring (bicyclic) bond motifs is 1. The van der Waals surface area contributed by atoms with Gasteiger partial charge in [0.25, 0.3) is 0 Å². The van der Waals surface area contributed by atoms with Gasteiger partial charge in [0.05, 0.1) is 3.57 Å². The van der Waals surface area contributed by atoms with Gasteiger partial charge in [0.15, 0.2) is 0 Å². The lowest BCUT2D eigenvalue weighted by molar-refractivity contribution is 0.469. The lowest BCUT2D eigenvalue weighted by Crippen LogP contribution is -2.11. The molecule has 0 bridgehead atoms. The molecule has 2 heterocycles. The van der Waals surface area contributed by atoms with E-state index in [4.69, 9.17) is 10.2 Å². The maximum atomic E-state index is 12.2. The van der Waals surface area contributed by atoms with Crippen LogP contribution in [0.5, 0.6) is 5.75 Å². The number of nitrogens with zero attached hydrogens (tertiary/aromatic N) is 1. The van der Waals surface area contributed by atoms with Crippen molar-refractivity contribution in [2.75, 3.05) is 5.73 Å². The van der Waals surface area contributed by atoms with Crippen molar-refractivity contribution in [3.8, 4) is 5.75 Å². The molecule has 0 amide bonds. The Balaban J connectivity index is 2.18. The highest BCUT2D eigenvalue weighted by Gasteiger charge is 2.14. The van der Waals surface area contributed by atoms with E-state index in [1.165, 1.54) is 6.07 Å². The maximum absolute atomic E-state index is 12.2. The minimum atomic E-state index is -0.402. The van der Waals surface area contributed by atoms with Gasteiger partial charge in [-0.25, -0.2) is 9.78 Å². The van der Waals surface area contributed by atoms with Crippen LogP contribution in [-0.4, -0.2) is 10.1 Å². The quantitative estimate of drug-likeness (QED) is 0.503. The van der Waals surface area contributed by atoms with Crippen molar-refractivity contribution < 1.29 is 9.52 Å². The fraction of sp³-hybridized carbons (Fsp3) is 0.125. The zero-order valence-electron chi connectivity index (χ0n) is 11.8. The van der Waals surface area contributed by atoms with Gasteiger partial charge >= 0.3 is 5.63 Å². The summed E-state index contributed by atoms with van der Waals surface area (Å²) in [4.78, 5) is 16.2. The third kappa shape index (κ3) is 2.66. The zero-order valence-corrected chi connectivity index (χ0v) is 13.9. The summed E-state index contributed by atoms with van der Waals surface area (Å²) < 4.78 is 6.06. The third-order valence-electron chi connectivity index (χ3n) is 3.58. The Morgan fingerprint density at radius 2 is 2.14 bits per heavy atom. The molecule has 0 aliphatic heterocycles. The van der Waals surface area contributed by atoms with Gasteiger partial charge in [-0.2, -0.15) is 0 Å². The van der Waals surface area contributed by atoms with E-state index in [0.29, 0.717) is 27.0 Å². The van der Waals surface area contributed by atoms with E-state index in [0.717, 1.165) is 16.5 Å². The Morgan fingerprint density at radius 1 is 1.36 bits per heavy atom. The second-order valence-electron chi connectivity index (χ2n) is 5.06. The van der Waals surface area contributed by atoms with E-state index in [2.05, 4.69) is 4.98 Å². The number of halogens is 1. The first-order chi connectivity index (χ1) is 10.5. The van der Waals surface area contributed by atoms with Crippen molar-refractivity contribution in [2.24, 2.45) is 0 Å². The number of nitrogen functional groups attached to an aromatic ring is 1. The summed E-state index contributed by atoms with van der Waals surface area (Å²) in [5, 5.41) is 10.6. The van der Waals surface area contributed by atoms with Crippen molar-refractivity contribution in [3.63, 3.8) is 0 Å². The number of pyridine rings is 1. The fourth-order valence-electron chi connectivity index (χ4n) is 2.41. The molecule has 1 aromatic carbocycles. The van der Waals surface area contributed by atoms with Crippen LogP contribution < -0.4 is 11.4 Å². The summed E-state index contributed by atoms with van der Waals surface area (Å²) >= 11 is 2.04. The Hall–Kier alpha value is -2.09. The molecule has 0 aliphatic carbocycles. The molecule has 0 fully saturated rings. The highest BCUT2D eigenvalue weighted by molar-refractivity contribution is 14.1. The first-order valence-electron chi connectivity index (χ1n) is 6.61. The largest absolute Gasteiger partial charge is 0.507 e. The van der Waals surface area contributed by atoms with Crippen molar-refractivity contribution >= 4 is 39.4 Å². The molecular formula is C16H13IN2O3. The third-order valence-corrected chi connectivity index (χ3v) is 4.45. The molecule has 0 radical (unpaired) electrons. The summed E-state index contributed by atoms with van der Waals surface area (Å²) in [6.07, 6.45) is 2.04. The lowest BCUT2D eigenvalue weighted by Gasteiger charge is -2.09. The molecule has 3 rings (SSSR count). The van der Waals surface area contributed by atoms with Gasteiger partial charge in [-0.1, -0.05) is 0 Å². The molecule has 3 N–H and O–H groups in total. The molecule has 0 unspecified atom stereocenters. The van der Waals surface area contributed by atoms with Crippen molar-refractivity contribution in [3.05, 3.63) is 61.1 Å². The number of aryl methyl sites for hydroxylation is 1. The van der Waals surface area contributed by atoms with Gasteiger partial charge in [0.2, 0.25) is 0 Å². The lowest BCUT2D eigenvalue weighted by atomic mass is 10.00. The topological polar surface area (TPSA) is 89.4 Å². The number of aromatic hydroxyl groups is 1. The zero-order chi connectivity index (χ0) is 15.9. The first-order valence-corrected chi connectivity index (χ1v) is 7.69. The maximum Gasteiger partial charge on any atom is 0.340 e. The van der Waals surface area contributed by atoms with Crippen LogP contribution in [0.4, 0.5) is 5.82 Å². The van der Waals surface area contributed by atoms with Crippen molar-refractivity contribution in [2.45, 2.75) is 13.3 Å². The van der Waals surface area contributed by atoms with Gasteiger partial charge < -0.3 is 15.3 Å². The normalized spacial score (nSPS) is 11.0. The number of hydrogen-bond acceptors (Lipinski definition) is 5. The van der Waals surface area contributed by atoms with Crippen LogP contribution in [0.1, 0.15) is 16.7 Å². The van der Waals surface area contributed by atoms with Crippen LogP contribution in [0.15, 0.2) is 39.7 Å². The second kappa shape index (κ2) is 5.60. The van der Waals surface area contributed by atoms with Gasteiger partial charge in [-0.15, -0.1) is 0 Å². The molecule has 112 valence electrons. The van der Waals surface area contributed by atoms with Crippen LogP contribution >= 0.6 is 22.6 Å². The van der Waals surface area contributed by atoms with Crippen molar-refractivity contribution in [1.82, 2.24) is 4.98 Å². The van der Waals surface area contributed by atoms with E-state index >= 15 is 0 Å². The Labute approximate surface area is 139 Å². The standard InChI is InChI=1S/C16H13IN2O3/c1-8-10-6-12(17)13(20)7-14(10)22-16(21)11(8)4-9-2-3-19-15(18)5-9/h2-3,5-7,20H,4H2,1H3,(H2,18,19). The van der Waals surface area contributed by atoms with Crippen LogP contribution in [0.3, 0.4) is 0 Å². The molecular weight excluding hydrogens is 395 g/mol. The molecule has 5 nitrogen and oxygen atoms in total. The van der Waals surface area contributed by atoms with Crippen molar-refractivity contribution in [1.29, 1.82) is 0 Å². The van der Waals surface area contributed by atoms with E-state index in [1.54, 1.807) is 12.3 Å². The number of phenols is 1. The summed E-state index contributed by atoms with van der Waals surface area (Å²) in [6.45, 7) is 1.88. The monoisotopic (exact) mass is 408 g/mol. The molecule has 3 aromatic rings. The first kappa shape index (κ1) is 14.8. The Kier molecular flexibility index (Phi) is 3.78. The number of anilines is 1. The predicted molar refractivity (Wildman–Crippen MR) is 93.1 cm³/mol. The Bertz CT molecular complexity index is 935. The molecule has 0 spiro atoms. The summed E-state index contributed by atoms with van der Waals surface area (Å²) in [5.74, 6) is 0.519. The van der Waals surface area contributed by atoms with E-state index in [-0.39, 0.29) is 5.75 Å². The van der Waals surface area contributed by atoms with E-state index in [1.807, 2.05) is 41.6 Å². The fourth-order valence-corrected chi connectivity index (χ4v) is 2.88. The molecule has 0 saturated carbocycles. The molecule has 0 saturated heterocycles. The second-order valence-corrected chi connectivity index (χ2v) is 6.22. The number of phenolic OH excluding ortho intramolecular Hbond substituents is 1. The summed E-state index contributed by atoms with van der Waals surface area (Å²) in [5.41, 5.74) is 7.99. The number of rotatable bonds is 2.